The van der Waals surface area contributed by atoms with Crippen molar-refractivity contribution in [1.29, 1.82) is 5.26 Å². The lowest BCUT2D eigenvalue weighted by atomic mass is 10.1. The van der Waals surface area contributed by atoms with Crippen LogP contribution in [0.3, 0.4) is 0 Å². The molecule has 2 atom stereocenters. The molecule has 2 aromatic carbocycles. The first-order chi connectivity index (χ1) is 18.1. The number of nitrogens with one attached hydrogen (secondary N) is 2. The summed E-state index contributed by atoms with van der Waals surface area (Å²) in [5, 5.41) is 14.8. The highest BCUT2D eigenvalue weighted by atomic mass is 35.5. The molecule has 0 heterocycles. The van der Waals surface area contributed by atoms with Gasteiger partial charge in [0.05, 0.1) is 22.7 Å². The molecule has 5 nitrogen and oxygen atoms in total. The van der Waals surface area contributed by atoms with Crippen LogP contribution >= 0.6 is 58.0 Å². The minimum Gasteiger partial charge on any atom is -0.326 e. The fraction of sp³-hybridized carbons (Fsp3) is 0.192. The summed E-state index contributed by atoms with van der Waals surface area (Å²) in [7, 11) is 0. The molecule has 0 aromatic heterocycles. The van der Waals surface area contributed by atoms with Crippen LogP contribution in [0.4, 0.5) is 18.9 Å². The molecule has 1 aliphatic rings. The van der Waals surface area contributed by atoms with Gasteiger partial charge in [-0.2, -0.15) is 18.4 Å². The zero-order valence-electron chi connectivity index (χ0n) is 19.8. The molecule has 3 rings (SSSR count). The Labute approximate surface area is 246 Å². The van der Waals surface area contributed by atoms with Crippen LogP contribution in [-0.2, 0) is 15.8 Å². The van der Waals surface area contributed by atoms with Gasteiger partial charge in [0.1, 0.15) is 10.4 Å². The van der Waals surface area contributed by atoms with Crippen molar-refractivity contribution in [2.75, 3.05) is 5.32 Å². The number of hydrogen-bond donors (Lipinski definition) is 2. The zero-order chi connectivity index (χ0) is 29.3. The maximum absolute atomic E-state index is 12.9. The van der Waals surface area contributed by atoms with Gasteiger partial charge < -0.3 is 10.6 Å². The van der Waals surface area contributed by atoms with Crippen LogP contribution in [0.15, 0.2) is 71.4 Å². The number of anilines is 1. The van der Waals surface area contributed by atoms with E-state index in [0.717, 1.165) is 12.1 Å². The van der Waals surface area contributed by atoms with Crippen LogP contribution in [0, 0.1) is 17.2 Å². The first-order valence-electron chi connectivity index (χ1n) is 10.9. The first-order valence-corrected chi connectivity index (χ1v) is 12.8. The van der Waals surface area contributed by atoms with Crippen molar-refractivity contribution in [3.63, 3.8) is 0 Å². The maximum atomic E-state index is 12.9. The molecule has 2 N–H and O–H groups in total. The molecular weight excluding hydrogens is 621 g/mol. The van der Waals surface area contributed by atoms with E-state index >= 15 is 0 Å². The number of carbonyl (C=O) groups is 2. The second kappa shape index (κ2) is 11.8. The fourth-order valence-corrected chi connectivity index (χ4v) is 5.17. The molecule has 0 spiro atoms. The monoisotopic (exact) mass is 635 g/mol. The number of benzene rings is 2. The minimum absolute atomic E-state index is 0.0172. The summed E-state index contributed by atoms with van der Waals surface area (Å²) in [5.41, 5.74) is -0.831. The Kier molecular flexibility index (Phi) is 9.36. The molecule has 13 heteroatoms. The van der Waals surface area contributed by atoms with Gasteiger partial charge in [0.25, 0.3) is 5.91 Å². The van der Waals surface area contributed by atoms with Crippen molar-refractivity contribution >= 4 is 75.5 Å². The molecule has 204 valence electrons. The van der Waals surface area contributed by atoms with Crippen LogP contribution in [-0.4, -0.2) is 16.1 Å². The molecule has 2 unspecified atom stereocenters. The van der Waals surface area contributed by atoms with Crippen molar-refractivity contribution in [3.05, 3.63) is 98.2 Å². The fourth-order valence-electron chi connectivity index (χ4n) is 3.65. The van der Waals surface area contributed by atoms with Crippen molar-refractivity contribution in [1.82, 2.24) is 5.32 Å². The van der Waals surface area contributed by atoms with E-state index in [4.69, 9.17) is 58.0 Å². The molecule has 2 amide bonds. The molecule has 0 saturated heterocycles. The van der Waals surface area contributed by atoms with Gasteiger partial charge in [-0.05, 0) is 61.0 Å². The molecule has 0 bridgehead atoms. The van der Waals surface area contributed by atoms with Crippen LogP contribution in [0.2, 0.25) is 10.0 Å². The number of halogens is 8. The van der Waals surface area contributed by atoms with Gasteiger partial charge in [0.15, 0.2) is 0 Å². The molecule has 39 heavy (non-hydrogen) atoms. The number of amides is 2. The number of carbonyl (C=O) groups excluding carboxylic acids is 2. The minimum atomic E-state index is -4.64. The number of nitrogens with zero attached hydrogens (tertiary/aromatic N) is 1. The first kappa shape index (κ1) is 30.9. The van der Waals surface area contributed by atoms with E-state index in [2.05, 4.69) is 17.2 Å². The van der Waals surface area contributed by atoms with Gasteiger partial charge >= 0.3 is 6.18 Å². The summed E-state index contributed by atoms with van der Waals surface area (Å²) in [6.45, 7) is 5.08. The summed E-state index contributed by atoms with van der Waals surface area (Å²) >= 11 is 30.9. The molecule has 0 aliphatic heterocycles. The van der Waals surface area contributed by atoms with Gasteiger partial charge in [-0.3, -0.25) is 9.59 Å². The number of hydrogen-bond acceptors (Lipinski definition) is 3. The Morgan fingerprint density at radius 2 is 1.72 bits per heavy atom. The van der Waals surface area contributed by atoms with Gasteiger partial charge in [-0.15, -0.1) is 23.2 Å². The summed E-state index contributed by atoms with van der Waals surface area (Å²) in [4.78, 5) is 25.3. The highest BCUT2D eigenvalue weighted by molar-refractivity contribution is 6.53. The molecule has 1 aliphatic carbocycles. The van der Waals surface area contributed by atoms with Gasteiger partial charge in [-0.25, -0.2) is 0 Å². The van der Waals surface area contributed by atoms with Gasteiger partial charge in [-0.1, -0.05) is 41.4 Å². The zero-order valence-corrected chi connectivity index (χ0v) is 23.5. The van der Waals surface area contributed by atoms with E-state index in [1.807, 2.05) is 0 Å². The number of nitriles is 1. The Bertz CT molecular complexity index is 1440. The predicted molar refractivity (Wildman–Crippen MR) is 147 cm³/mol. The van der Waals surface area contributed by atoms with E-state index in [1.54, 1.807) is 18.2 Å². The Morgan fingerprint density at radius 3 is 2.28 bits per heavy atom. The van der Waals surface area contributed by atoms with E-state index < -0.39 is 39.7 Å². The molecule has 0 radical (unpaired) electrons. The lowest BCUT2D eigenvalue weighted by molar-refractivity contribution is -0.137. The lowest BCUT2D eigenvalue weighted by Crippen LogP contribution is -2.25. The van der Waals surface area contributed by atoms with Crippen LogP contribution in [0.25, 0.3) is 0 Å². The van der Waals surface area contributed by atoms with Crippen LogP contribution in [0.5, 0.6) is 0 Å². The van der Waals surface area contributed by atoms with Gasteiger partial charge in [0, 0.05) is 32.3 Å². The van der Waals surface area contributed by atoms with Crippen LogP contribution in [0.1, 0.15) is 29.5 Å². The van der Waals surface area contributed by atoms with Crippen molar-refractivity contribution in [2.24, 2.45) is 5.92 Å². The standard InChI is InChI=1S/C26H17Cl5F3N3O2/c1-12(36-24(39)22-21(25(22,30)31)14-8-17(27)10-18(28)9-14)3-5-19(29)13(2)23(38)37-20-6-4-16(26(32,33)34)7-15(20)11-35/h3-10,21-22H,1H2,2H3,(H,36,39)(H,37,38)/b5-3-,19-13-. The Morgan fingerprint density at radius 1 is 1.10 bits per heavy atom. The summed E-state index contributed by atoms with van der Waals surface area (Å²) < 4.78 is 37.3. The van der Waals surface area contributed by atoms with E-state index in [9.17, 15) is 28.0 Å². The highest BCUT2D eigenvalue weighted by Gasteiger charge is 2.67. The van der Waals surface area contributed by atoms with Crippen LogP contribution < -0.4 is 10.6 Å². The number of allylic oxidation sites excluding steroid dienone is 3. The number of alkyl halides is 5. The second-order valence-electron chi connectivity index (χ2n) is 8.48. The van der Waals surface area contributed by atoms with E-state index in [1.165, 1.54) is 25.1 Å². The lowest BCUT2D eigenvalue weighted by Gasteiger charge is -2.11. The van der Waals surface area contributed by atoms with Gasteiger partial charge in [0.2, 0.25) is 5.91 Å². The third kappa shape index (κ3) is 7.30. The molecule has 2 aromatic rings. The Hall–Kier alpha value is -2.67. The number of rotatable bonds is 7. The second-order valence-corrected chi connectivity index (χ2v) is 11.2. The summed E-state index contributed by atoms with van der Waals surface area (Å²) in [5.74, 6) is -2.66. The van der Waals surface area contributed by atoms with E-state index in [-0.39, 0.29) is 27.6 Å². The normalized spacial score (nSPS) is 18.7. The summed E-state index contributed by atoms with van der Waals surface area (Å²) in [6, 6.07) is 8.73. The highest BCUT2D eigenvalue weighted by Crippen LogP contribution is 2.65. The molecular formula is C26H17Cl5F3N3O2. The molecule has 1 saturated carbocycles. The average Bonchev–Trinajstić information content (AvgIpc) is 3.42. The largest absolute Gasteiger partial charge is 0.416 e. The van der Waals surface area contributed by atoms with Crippen molar-refractivity contribution in [2.45, 2.75) is 23.4 Å². The summed E-state index contributed by atoms with van der Waals surface area (Å²) in [6.07, 6.45) is -2.03. The van der Waals surface area contributed by atoms with E-state index in [0.29, 0.717) is 21.7 Å². The van der Waals surface area contributed by atoms with Crippen molar-refractivity contribution < 1.29 is 22.8 Å². The Balaban J connectivity index is 1.65. The average molecular weight is 638 g/mol. The maximum Gasteiger partial charge on any atom is 0.416 e. The third-order valence-electron chi connectivity index (χ3n) is 5.71. The smallest absolute Gasteiger partial charge is 0.326 e. The SMILES string of the molecule is C=C(/C=C\C(Cl)=C(/C)C(=O)Nc1ccc(C(F)(F)F)cc1C#N)NC(=O)C1C(c2cc(Cl)cc(Cl)c2)C1(Cl)Cl. The topological polar surface area (TPSA) is 82.0 Å². The molecule has 1 fully saturated rings. The predicted octanol–water partition coefficient (Wildman–Crippen LogP) is 8.11. The third-order valence-corrected chi connectivity index (χ3v) is 7.50. The quantitative estimate of drug-likeness (QED) is 0.183. The van der Waals surface area contributed by atoms with Crippen molar-refractivity contribution in [3.8, 4) is 6.07 Å².